The quantitative estimate of drug-likeness (QED) is 0.857. The first-order chi connectivity index (χ1) is 7.63. The molecule has 1 rings (SSSR count). The molecule has 0 bridgehead atoms. The lowest BCUT2D eigenvalue weighted by Crippen LogP contribution is -2.27. The molecule has 90 valence electrons. The molecule has 0 aromatic heterocycles. The second-order valence-corrected chi connectivity index (χ2v) is 5.86. The van der Waals surface area contributed by atoms with Crippen LogP contribution in [0.5, 0.6) is 0 Å². The van der Waals surface area contributed by atoms with Crippen LogP contribution in [0.3, 0.4) is 0 Å². The van der Waals surface area contributed by atoms with E-state index >= 15 is 0 Å². The Morgan fingerprint density at radius 3 is 2.88 bits per heavy atom. The summed E-state index contributed by atoms with van der Waals surface area (Å²) in [5.74, 6) is 2.03. The minimum absolute atomic E-state index is 0.199. The van der Waals surface area contributed by atoms with E-state index in [2.05, 4.69) is 35.1 Å². The number of halogens is 2. The van der Waals surface area contributed by atoms with Crippen LogP contribution in [-0.4, -0.2) is 17.5 Å². The van der Waals surface area contributed by atoms with Crippen molar-refractivity contribution in [2.45, 2.75) is 26.4 Å². The number of hydrogen-bond acceptors (Lipinski definition) is 2. The lowest BCUT2D eigenvalue weighted by Gasteiger charge is -2.13. The Labute approximate surface area is 109 Å². The molecular weight excluding hydrogens is 289 g/mol. The monoisotopic (exact) mass is 305 g/mol. The molecule has 0 aliphatic carbocycles. The highest BCUT2D eigenvalue weighted by molar-refractivity contribution is 9.10. The Morgan fingerprint density at radius 1 is 1.50 bits per heavy atom. The summed E-state index contributed by atoms with van der Waals surface area (Å²) in [6.07, 6.45) is 0. The third-order valence-corrected chi connectivity index (χ3v) is 4.00. The third-order valence-electron chi connectivity index (χ3n) is 2.21. The molecule has 1 aromatic carbocycles. The summed E-state index contributed by atoms with van der Waals surface area (Å²) in [6, 6.07) is 5.70. The fraction of sp³-hybridized carbons (Fsp3) is 0.500. The van der Waals surface area contributed by atoms with Crippen LogP contribution in [-0.2, 0) is 6.54 Å². The molecule has 0 spiro atoms. The van der Waals surface area contributed by atoms with Crippen molar-refractivity contribution < 1.29 is 4.39 Å². The molecule has 0 saturated heterocycles. The summed E-state index contributed by atoms with van der Waals surface area (Å²) >= 11 is 5.06. The topological polar surface area (TPSA) is 12.0 Å². The maximum absolute atomic E-state index is 13.2. The van der Waals surface area contributed by atoms with Crippen LogP contribution in [0.4, 0.5) is 4.39 Å². The van der Waals surface area contributed by atoms with Crippen molar-refractivity contribution in [3.63, 3.8) is 0 Å². The number of thioether (sulfide) groups is 1. The summed E-state index contributed by atoms with van der Waals surface area (Å²) in [7, 11) is 0. The summed E-state index contributed by atoms with van der Waals surface area (Å²) in [6.45, 7) is 5.02. The first kappa shape index (κ1) is 14.0. The maximum atomic E-state index is 13.2. The second-order valence-electron chi connectivity index (χ2n) is 3.69. The average molecular weight is 306 g/mol. The SMILES string of the molecule is CCSCC(C)NCc1ccc(Br)c(F)c1. The average Bonchev–Trinajstić information content (AvgIpc) is 2.28. The molecule has 1 N–H and O–H groups in total. The van der Waals surface area contributed by atoms with Gasteiger partial charge in [-0.2, -0.15) is 11.8 Å². The van der Waals surface area contributed by atoms with Gasteiger partial charge in [0.05, 0.1) is 4.47 Å². The molecule has 1 aromatic rings. The van der Waals surface area contributed by atoms with Gasteiger partial charge in [0.2, 0.25) is 0 Å². The Balaban J connectivity index is 2.39. The molecule has 1 atom stereocenters. The molecule has 0 heterocycles. The molecule has 0 amide bonds. The van der Waals surface area contributed by atoms with Gasteiger partial charge in [0.15, 0.2) is 0 Å². The Kier molecular flexibility index (Phi) is 6.39. The predicted molar refractivity (Wildman–Crippen MR) is 73.4 cm³/mol. The lowest BCUT2D eigenvalue weighted by molar-refractivity contribution is 0.585. The van der Waals surface area contributed by atoms with Gasteiger partial charge in [-0.05, 0) is 46.3 Å². The van der Waals surface area contributed by atoms with Gasteiger partial charge < -0.3 is 5.32 Å². The van der Waals surface area contributed by atoms with Gasteiger partial charge in [-0.25, -0.2) is 4.39 Å². The van der Waals surface area contributed by atoms with Gasteiger partial charge in [-0.15, -0.1) is 0 Å². The van der Waals surface area contributed by atoms with E-state index in [9.17, 15) is 4.39 Å². The zero-order valence-electron chi connectivity index (χ0n) is 9.59. The summed E-state index contributed by atoms with van der Waals surface area (Å²) < 4.78 is 13.7. The number of nitrogens with one attached hydrogen (secondary N) is 1. The predicted octanol–water partition coefficient (Wildman–Crippen LogP) is 3.82. The molecule has 0 radical (unpaired) electrons. The minimum Gasteiger partial charge on any atom is -0.309 e. The highest BCUT2D eigenvalue weighted by atomic mass is 79.9. The van der Waals surface area contributed by atoms with Crippen molar-refractivity contribution in [1.82, 2.24) is 5.32 Å². The first-order valence-corrected chi connectivity index (χ1v) is 7.33. The Hall–Kier alpha value is -0.0600. The van der Waals surface area contributed by atoms with E-state index in [1.165, 1.54) is 0 Å². The minimum atomic E-state index is -0.199. The molecule has 1 unspecified atom stereocenters. The third kappa shape index (κ3) is 4.85. The van der Waals surface area contributed by atoms with E-state index in [-0.39, 0.29) is 5.82 Å². The molecule has 16 heavy (non-hydrogen) atoms. The fourth-order valence-electron chi connectivity index (χ4n) is 1.30. The van der Waals surface area contributed by atoms with Crippen molar-refractivity contribution in [2.24, 2.45) is 0 Å². The highest BCUT2D eigenvalue weighted by Gasteiger charge is 2.03. The van der Waals surface area contributed by atoms with Crippen LogP contribution in [0.1, 0.15) is 19.4 Å². The maximum Gasteiger partial charge on any atom is 0.137 e. The normalized spacial score (nSPS) is 12.8. The van der Waals surface area contributed by atoms with Crippen LogP contribution in [0.2, 0.25) is 0 Å². The van der Waals surface area contributed by atoms with Gasteiger partial charge in [-0.1, -0.05) is 13.0 Å². The molecule has 0 aliphatic heterocycles. The van der Waals surface area contributed by atoms with Crippen molar-refractivity contribution in [3.05, 3.63) is 34.1 Å². The molecular formula is C12H17BrFNS. The zero-order chi connectivity index (χ0) is 12.0. The van der Waals surface area contributed by atoms with Crippen LogP contribution < -0.4 is 5.32 Å². The Bertz CT molecular complexity index is 333. The van der Waals surface area contributed by atoms with Gasteiger partial charge >= 0.3 is 0 Å². The van der Waals surface area contributed by atoms with Crippen molar-refractivity contribution in [2.75, 3.05) is 11.5 Å². The van der Waals surface area contributed by atoms with Gasteiger partial charge in [-0.3, -0.25) is 0 Å². The molecule has 1 nitrogen and oxygen atoms in total. The lowest BCUT2D eigenvalue weighted by atomic mass is 10.2. The van der Waals surface area contributed by atoms with E-state index in [0.29, 0.717) is 10.5 Å². The Morgan fingerprint density at radius 2 is 2.25 bits per heavy atom. The van der Waals surface area contributed by atoms with Gasteiger partial charge in [0, 0.05) is 18.3 Å². The largest absolute Gasteiger partial charge is 0.309 e. The number of rotatable bonds is 6. The van der Waals surface area contributed by atoms with Crippen LogP contribution in [0, 0.1) is 5.82 Å². The fourth-order valence-corrected chi connectivity index (χ4v) is 2.25. The zero-order valence-corrected chi connectivity index (χ0v) is 12.0. The van der Waals surface area contributed by atoms with Crippen molar-refractivity contribution in [1.29, 1.82) is 0 Å². The summed E-state index contributed by atoms with van der Waals surface area (Å²) in [5.41, 5.74) is 0.981. The van der Waals surface area contributed by atoms with Gasteiger partial charge in [0.25, 0.3) is 0 Å². The molecule has 0 saturated carbocycles. The second kappa shape index (κ2) is 7.30. The summed E-state index contributed by atoms with van der Waals surface area (Å²) in [4.78, 5) is 0. The number of benzene rings is 1. The van der Waals surface area contributed by atoms with Gasteiger partial charge in [0.1, 0.15) is 5.82 Å². The van der Waals surface area contributed by atoms with Crippen LogP contribution in [0.15, 0.2) is 22.7 Å². The van der Waals surface area contributed by atoms with Crippen LogP contribution >= 0.6 is 27.7 Å². The number of hydrogen-bond donors (Lipinski definition) is 1. The van der Waals surface area contributed by atoms with E-state index in [4.69, 9.17) is 0 Å². The molecule has 0 aliphatic rings. The molecule has 4 heteroatoms. The summed E-state index contributed by atoms with van der Waals surface area (Å²) in [5, 5.41) is 3.38. The van der Waals surface area contributed by atoms with Crippen molar-refractivity contribution in [3.8, 4) is 0 Å². The van der Waals surface area contributed by atoms with Crippen molar-refractivity contribution >= 4 is 27.7 Å². The van der Waals surface area contributed by atoms with Crippen LogP contribution in [0.25, 0.3) is 0 Å². The molecule has 0 fully saturated rings. The van der Waals surface area contributed by atoms with E-state index in [1.54, 1.807) is 12.1 Å². The first-order valence-electron chi connectivity index (χ1n) is 5.38. The van der Waals surface area contributed by atoms with E-state index in [0.717, 1.165) is 23.6 Å². The van der Waals surface area contributed by atoms with E-state index in [1.807, 2.05) is 17.8 Å². The standard InChI is InChI=1S/C12H17BrFNS/c1-3-16-8-9(2)15-7-10-4-5-11(13)12(14)6-10/h4-6,9,15H,3,7-8H2,1-2H3. The van der Waals surface area contributed by atoms with E-state index < -0.39 is 0 Å². The smallest absolute Gasteiger partial charge is 0.137 e. The highest BCUT2D eigenvalue weighted by Crippen LogP contribution is 2.16.